The Labute approximate surface area is 212 Å². The number of ether oxygens (including phenoxy) is 1. The molecule has 2 aliphatic rings. The SMILES string of the molecule is COc1ccc(CNC(=O)Cc2ccccc2)cc1.N#CCSC1=C(C(=O)O)N2C(=O)C[C@@H]2SC1. The van der Waals surface area contributed by atoms with Gasteiger partial charge in [-0.1, -0.05) is 42.5 Å². The van der Waals surface area contributed by atoms with Crippen LogP contribution in [0.15, 0.2) is 65.2 Å². The summed E-state index contributed by atoms with van der Waals surface area (Å²) in [5, 5.41) is 20.5. The van der Waals surface area contributed by atoms with Crippen molar-refractivity contribution in [3.63, 3.8) is 0 Å². The maximum atomic E-state index is 11.8. The maximum absolute atomic E-state index is 11.8. The van der Waals surface area contributed by atoms with Crippen molar-refractivity contribution in [1.82, 2.24) is 10.2 Å². The predicted molar refractivity (Wildman–Crippen MR) is 135 cm³/mol. The number of carbonyl (C=O) groups is 3. The average molecular weight is 512 g/mol. The number of hydrogen-bond acceptors (Lipinski definition) is 7. The van der Waals surface area contributed by atoms with Crippen molar-refractivity contribution >= 4 is 41.3 Å². The monoisotopic (exact) mass is 511 g/mol. The molecule has 2 aromatic rings. The third kappa shape index (κ3) is 7.28. The Morgan fingerprint density at radius 3 is 2.51 bits per heavy atom. The number of hydrogen-bond donors (Lipinski definition) is 2. The van der Waals surface area contributed by atoms with Crippen LogP contribution in [0.2, 0.25) is 0 Å². The molecule has 0 aromatic heterocycles. The molecule has 0 saturated carbocycles. The van der Waals surface area contributed by atoms with Crippen molar-refractivity contribution in [1.29, 1.82) is 5.26 Å². The zero-order valence-corrected chi connectivity index (χ0v) is 20.7. The summed E-state index contributed by atoms with van der Waals surface area (Å²) in [7, 11) is 1.64. The highest BCUT2D eigenvalue weighted by Crippen LogP contribution is 2.42. The third-order valence-electron chi connectivity index (χ3n) is 5.19. The van der Waals surface area contributed by atoms with E-state index in [1.165, 1.54) is 16.7 Å². The van der Waals surface area contributed by atoms with Gasteiger partial charge in [-0.2, -0.15) is 5.26 Å². The number of carbonyl (C=O) groups excluding carboxylic acids is 2. The Kier molecular flexibility index (Phi) is 9.64. The second-order valence-electron chi connectivity index (χ2n) is 7.54. The van der Waals surface area contributed by atoms with Crippen molar-refractivity contribution in [3.8, 4) is 11.8 Å². The predicted octanol–water partition coefficient (Wildman–Crippen LogP) is 3.40. The lowest BCUT2D eigenvalue weighted by Crippen LogP contribution is -2.53. The van der Waals surface area contributed by atoms with Gasteiger partial charge in [0, 0.05) is 17.2 Å². The van der Waals surface area contributed by atoms with E-state index in [1.54, 1.807) is 18.9 Å². The number of nitrogens with one attached hydrogen (secondary N) is 1. The fourth-order valence-corrected chi connectivity index (χ4v) is 5.62. The Morgan fingerprint density at radius 1 is 1.20 bits per heavy atom. The molecular weight excluding hydrogens is 486 g/mol. The van der Waals surface area contributed by atoms with Crippen LogP contribution < -0.4 is 10.1 Å². The summed E-state index contributed by atoms with van der Waals surface area (Å²) in [4.78, 5) is 36.2. The van der Waals surface area contributed by atoms with Crippen LogP contribution in [0.4, 0.5) is 0 Å². The molecule has 2 aromatic carbocycles. The van der Waals surface area contributed by atoms with Crippen molar-refractivity contribution in [2.75, 3.05) is 18.6 Å². The van der Waals surface area contributed by atoms with E-state index in [9.17, 15) is 14.4 Å². The van der Waals surface area contributed by atoms with Gasteiger partial charge in [0.2, 0.25) is 11.8 Å². The number of fused-ring (bicyclic) bond motifs is 1. The summed E-state index contributed by atoms with van der Waals surface area (Å²) >= 11 is 2.75. The molecule has 8 nitrogen and oxygen atoms in total. The van der Waals surface area contributed by atoms with Crippen LogP contribution in [0.25, 0.3) is 0 Å². The smallest absolute Gasteiger partial charge is 0.353 e. The lowest BCUT2D eigenvalue weighted by molar-refractivity contribution is -0.146. The Morgan fingerprint density at radius 2 is 1.91 bits per heavy atom. The minimum atomic E-state index is -1.08. The second kappa shape index (κ2) is 12.9. The number of thioether (sulfide) groups is 2. The summed E-state index contributed by atoms with van der Waals surface area (Å²) in [6, 6.07) is 19.3. The van der Waals surface area contributed by atoms with Gasteiger partial charge in [0.1, 0.15) is 11.4 Å². The van der Waals surface area contributed by atoms with E-state index in [2.05, 4.69) is 5.32 Å². The van der Waals surface area contributed by atoms with Gasteiger partial charge >= 0.3 is 5.97 Å². The van der Waals surface area contributed by atoms with E-state index >= 15 is 0 Å². The zero-order chi connectivity index (χ0) is 25.2. The van der Waals surface area contributed by atoms with Gasteiger partial charge in [0.25, 0.3) is 0 Å². The number of rotatable bonds is 8. The molecule has 10 heteroatoms. The molecular formula is C25H25N3O5S2. The Hall–Kier alpha value is -3.42. The number of nitrogens with zero attached hydrogens (tertiary/aromatic N) is 2. The van der Waals surface area contributed by atoms with Crippen LogP contribution in [-0.2, 0) is 27.3 Å². The molecule has 2 heterocycles. The van der Waals surface area contributed by atoms with Gasteiger partial charge in [-0.3, -0.25) is 14.5 Å². The molecule has 1 fully saturated rings. The van der Waals surface area contributed by atoms with Crippen LogP contribution in [0, 0.1) is 11.3 Å². The van der Waals surface area contributed by atoms with Gasteiger partial charge in [0.05, 0.1) is 37.1 Å². The normalized spacial score (nSPS) is 16.2. The van der Waals surface area contributed by atoms with Gasteiger partial charge in [0.15, 0.2) is 0 Å². The number of β-lactam (4-membered cyclic amide) rings is 1. The fraction of sp³-hybridized carbons (Fsp3) is 0.280. The number of amides is 2. The first kappa shape index (κ1) is 26.2. The molecule has 182 valence electrons. The third-order valence-corrected chi connectivity index (χ3v) is 7.55. The molecule has 1 atom stereocenters. The number of carboxylic acid groups (broad SMARTS) is 1. The molecule has 0 spiro atoms. The first-order chi connectivity index (χ1) is 16.9. The highest BCUT2D eigenvalue weighted by atomic mass is 32.2. The average Bonchev–Trinajstić information content (AvgIpc) is 2.87. The van der Waals surface area contributed by atoms with Gasteiger partial charge in [-0.15, -0.1) is 23.5 Å². The molecule has 1 saturated heterocycles. The van der Waals surface area contributed by atoms with Crippen LogP contribution in [-0.4, -0.2) is 51.8 Å². The molecule has 0 bridgehead atoms. The Balaban J connectivity index is 0.000000198. The minimum absolute atomic E-state index is 0.0231. The highest BCUT2D eigenvalue weighted by Gasteiger charge is 2.45. The number of carboxylic acids is 1. The second-order valence-corrected chi connectivity index (χ2v) is 9.78. The lowest BCUT2D eigenvalue weighted by atomic mass is 10.1. The molecule has 2 aliphatic heterocycles. The molecule has 0 aliphatic carbocycles. The summed E-state index contributed by atoms with van der Waals surface area (Å²) in [5.74, 6) is 0.395. The van der Waals surface area contributed by atoms with E-state index in [1.807, 2.05) is 60.7 Å². The topological polar surface area (TPSA) is 120 Å². The van der Waals surface area contributed by atoms with Crippen molar-refractivity contribution in [2.24, 2.45) is 0 Å². The van der Waals surface area contributed by atoms with Crippen molar-refractivity contribution in [3.05, 3.63) is 76.3 Å². The standard InChI is InChI=1S/C16H17NO2.C9H8N2O3S2/c1-19-15-9-7-14(8-10-15)12-17-16(18)11-13-5-3-2-4-6-13;10-1-2-15-5-4-16-7-3-6(12)11(7)8(5)9(13)14/h2-10H,11-12H2,1H3,(H,17,18);7H,2-4H2,(H,13,14)/t;7-/m.0/s1. The quantitative estimate of drug-likeness (QED) is 0.518. The lowest BCUT2D eigenvalue weighted by Gasteiger charge is -2.43. The zero-order valence-electron chi connectivity index (χ0n) is 19.1. The fourth-order valence-electron chi connectivity index (χ4n) is 3.40. The summed E-state index contributed by atoms with van der Waals surface area (Å²) in [6.45, 7) is 0.537. The number of methoxy groups -OCH3 is 1. The van der Waals surface area contributed by atoms with E-state index < -0.39 is 5.97 Å². The van der Waals surface area contributed by atoms with Gasteiger partial charge in [-0.05, 0) is 23.3 Å². The number of aliphatic carboxylic acids is 1. The van der Waals surface area contributed by atoms with E-state index in [-0.39, 0.29) is 28.6 Å². The van der Waals surface area contributed by atoms with E-state index in [4.69, 9.17) is 15.1 Å². The van der Waals surface area contributed by atoms with E-state index in [0.717, 1.165) is 16.9 Å². The molecule has 0 radical (unpaired) electrons. The van der Waals surface area contributed by atoms with E-state index in [0.29, 0.717) is 30.0 Å². The van der Waals surface area contributed by atoms with Crippen LogP contribution in [0.5, 0.6) is 5.75 Å². The van der Waals surface area contributed by atoms with Crippen LogP contribution in [0.1, 0.15) is 17.5 Å². The van der Waals surface area contributed by atoms with Crippen molar-refractivity contribution in [2.45, 2.75) is 24.8 Å². The number of nitriles is 1. The highest BCUT2D eigenvalue weighted by molar-refractivity contribution is 8.06. The summed E-state index contributed by atoms with van der Waals surface area (Å²) < 4.78 is 5.09. The summed E-state index contributed by atoms with van der Waals surface area (Å²) in [6.07, 6.45) is 0.828. The minimum Gasteiger partial charge on any atom is -0.497 e. The van der Waals surface area contributed by atoms with Crippen molar-refractivity contribution < 1.29 is 24.2 Å². The molecule has 35 heavy (non-hydrogen) atoms. The van der Waals surface area contributed by atoms with Gasteiger partial charge < -0.3 is 15.2 Å². The Bertz CT molecular complexity index is 1130. The molecule has 4 rings (SSSR count). The summed E-state index contributed by atoms with van der Waals surface area (Å²) in [5.41, 5.74) is 2.15. The first-order valence-electron chi connectivity index (χ1n) is 10.8. The molecule has 2 amide bonds. The van der Waals surface area contributed by atoms with Crippen LogP contribution in [0.3, 0.4) is 0 Å². The largest absolute Gasteiger partial charge is 0.497 e. The first-order valence-corrected chi connectivity index (χ1v) is 12.8. The molecule has 0 unspecified atom stereocenters. The van der Waals surface area contributed by atoms with Gasteiger partial charge in [-0.25, -0.2) is 4.79 Å². The number of benzene rings is 2. The molecule has 2 N–H and O–H groups in total. The van der Waals surface area contributed by atoms with Crippen LogP contribution >= 0.6 is 23.5 Å². The maximum Gasteiger partial charge on any atom is 0.353 e.